The second-order valence-electron chi connectivity index (χ2n) is 20.0. The maximum atomic E-state index is 14.2. The van der Waals surface area contributed by atoms with Gasteiger partial charge < -0.3 is 101 Å². The minimum atomic E-state index is -1.62. The van der Waals surface area contributed by atoms with Crippen LogP contribution in [0.15, 0.2) is 0 Å². The van der Waals surface area contributed by atoms with Crippen molar-refractivity contribution in [2.24, 2.45) is 5.73 Å². The van der Waals surface area contributed by atoms with Gasteiger partial charge in [-0.25, -0.2) is 0 Å². The molecule has 41 heteroatoms. The van der Waals surface area contributed by atoms with E-state index in [1.807, 2.05) is 0 Å². The van der Waals surface area contributed by atoms with Crippen LogP contribution >= 0.6 is 0 Å². The molecule has 10 amide bonds. The van der Waals surface area contributed by atoms with Crippen LogP contribution in [0, 0.1) is 0 Å². The second kappa shape index (κ2) is 42.3. The summed E-state index contributed by atoms with van der Waals surface area (Å²) in [4.78, 5) is 258. The van der Waals surface area contributed by atoms with E-state index in [-0.39, 0.29) is 6.54 Å². The predicted molar refractivity (Wildman–Crippen MR) is 298 cm³/mol. The molecule has 0 aliphatic heterocycles. The first-order valence-corrected chi connectivity index (χ1v) is 27.5. The summed E-state index contributed by atoms with van der Waals surface area (Å²) in [6.07, 6.45) is -8.41. The fraction of sp³-hybridized carbons (Fsp3) is 0.608. The average Bonchev–Trinajstić information content (AvgIpc) is 1.04. The number of amides is 10. The van der Waals surface area contributed by atoms with E-state index < -0.39 is 307 Å². The van der Waals surface area contributed by atoms with Crippen molar-refractivity contribution in [3.8, 4) is 0 Å². The molecule has 0 radical (unpaired) electrons. The Morgan fingerprint density at radius 2 is 0.326 bits per heavy atom. The van der Waals surface area contributed by atoms with Crippen LogP contribution in [-0.4, -0.2) is 357 Å². The largest absolute Gasteiger partial charge is 0.481 e. The van der Waals surface area contributed by atoms with Crippen LogP contribution in [-0.2, 0) is 95.9 Å². The van der Waals surface area contributed by atoms with Gasteiger partial charge in [-0.05, 0) is 7.05 Å². The number of rotatable bonds is 50. The maximum absolute atomic E-state index is 14.2. The minimum Gasteiger partial charge on any atom is -0.481 e. The van der Waals surface area contributed by atoms with Gasteiger partial charge in [0.1, 0.15) is 0 Å². The lowest BCUT2D eigenvalue weighted by molar-refractivity contribution is -0.151. The minimum absolute atomic E-state index is 0.177. The van der Waals surface area contributed by atoms with Gasteiger partial charge in [0.15, 0.2) is 0 Å². The van der Waals surface area contributed by atoms with Crippen LogP contribution in [0.25, 0.3) is 0 Å². The third-order valence-electron chi connectivity index (χ3n) is 12.6. The van der Waals surface area contributed by atoms with E-state index in [2.05, 4.69) is 0 Å². The Kier molecular flexibility index (Phi) is 37.4. The van der Waals surface area contributed by atoms with Gasteiger partial charge in [-0.3, -0.25) is 101 Å². The number of hydrogen-bond donors (Lipinski definition) is 11. The molecule has 0 aliphatic carbocycles. The Morgan fingerprint density at radius 3 is 0.457 bits per heavy atom. The first-order chi connectivity index (χ1) is 42.8. The van der Waals surface area contributed by atoms with E-state index >= 15 is 0 Å². The van der Waals surface area contributed by atoms with E-state index in [9.17, 15) is 137 Å². The van der Waals surface area contributed by atoms with Crippen molar-refractivity contribution in [3.05, 3.63) is 0 Å². The van der Waals surface area contributed by atoms with Gasteiger partial charge >= 0.3 is 59.7 Å². The van der Waals surface area contributed by atoms with Gasteiger partial charge in [-0.2, -0.15) is 0 Å². The molecule has 0 bridgehead atoms. The summed E-state index contributed by atoms with van der Waals surface area (Å²) >= 11 is 0. The van der Waals surface area contributed by atoms with Gasteiger partial charge in [0.05, 0.1) is 130 Å². The number of carboxylic acids is 10. The lowest BCUT2D eigenvalue weighted by Gasteiger charge is -2.32. The summed E-state index contributed by atoms with van der Waals surface area (Å²) in [6.45, 7) is -18.4. The Bertz CT molecular complexity index is 2740. The van der Waals surface area contributed by atoms with Crippen molar-refractivity contribution < 1.29 is 147 Å². The summed E-state index contributed by atoms with van der Waals surface area (Å²) in [7, 11) is 1.33. The monoisotopic (exact) mass is 1320 g/mol. The predicted octanol–water partition coefficient (Wildman–Crippen LogP) is -7.39. The highest BCUT2D eigenvalue weighted by atomic mass is 16.4. The third-order valence-corrected chi connectivity index (χ3v) is 12.6. The maximum Gasteiger partial charge on any atom is 0.305 e. The number of carbonyl (C=O) groups excluding carboxylic acids is 10. The molecular weight excluding hydrogens is 1250 g/mol. The smallest absolute Gasteiger partial charge is 0.305 e. The SMILES string of the molecule is CN(CCC(=O)O)CC(=O)N(CCC(=O)O)CC(=O)N(CCC(=O)O)CC(=O)N(CCC(=O)O)CC(=O)N(CCC(=O)O)CC(=O)N(CCC(=O)O)CC(=O)N(CCC(=O)O)CC(=O)N(CCC(=O)O)CC(=O)N(CCC(=O)O)CC(=O)N(CCC(=O)O)CC(N)=O. The van der Waals surface area contributed by atoms with Crippen molar-refractivity contribution in [3.63, 3.8) is 0 Å². The lowest BCUT2D eigenvalue weighted by Crippen LogP contribution is -2.53. The molecule has 0 aromatic heterocycles. The number of nitrogens with two attached hydrogens (primary N) is 1. The zero-order valence-corrected chi connectivity index (χ0v) is 49.9. The number of nitrogens with zero attached hydrogens (tertiary/aromatic N) is 10. The standard InChI is InChI=1S/C51H75N11O30/c1-53(12-2-42(73)74)23-33(64)55(14-4-44(77)78)25-35(66)57(16-6-46(81)82)27-37(68)59(18-8-48(85)86)29-39(70)61(20-10-50(89)90)31-41(72)62(21-11-51(91)92)30-40(71)60(19-9-49(87)88)28-38(69)58(17-7-47(83)84)26-36(67)56(15-5-45(79)80)24-34(65)54(22-32(52)63)13-3-43(75)76/h2-31H2,1H3,(H2,52,63)(H,73,74)(H,75,76)(H,77,78)(H,79,80)(H,81,82)(H,83,84)(H,85,86)(H,87,88)(H,89,90)(H,91,92). The second-order valence-corrected chi connectivity index (χ2v) is 20.0. The van der Waals surface area contributed by atoms with Gasteiger partial charge in [0, 0.05) is 65.4 Å². The van der Waals surface area contributed by atoms with Crippen LogP contribution in [0.4, 0.5) is 0 Å². The molecule has 0 spiro atoms. The quantitative estimate of drug-likeness (QED) is 0.0270. The first kappa shape index (κ1) is 81.4. The number of likely N-dealkylation sites (N-methyl/N-ethyl adjacent to an activating group) is 1. The summed E-state index contributed by atoms with van der Waals surface area (Å²) in [5, 5.41) is 94.1. The van der Waals surface area contributed by atoms with Crippen molar-refractivity contribution in [1.82, 2.24) is 49.0 Å². The highest BCUT2D eigenvalue weighted by molar-refractivity contribution is 5.95. The molecule has 0 saturated carbocycles. The van der Waals surface area contributed by atoms with E-state index in [0.717, 1.165) is 4.90 Å². The molecule has 514 valence electrons. The van der Waals surface area contributed by atoms with Crippen LogP contribution in [0.3, 0.4) is 0 Å². The molecule has 0 unspecified atom stereocenters. The fourth-order valence-corrected chi connectivity index (χ4v) is 7.69. The van der Waals surface area contributed by atoms with Crippen LogP contribution in [0.2, 0.25) is 0 Å². The molecule has 0 rings (SSSR count). The van der Waals surface area contributed by atoms with E-state index in [0.29, 0.717) is 39.2 Å². The number of carbonyl (C=O) groups is 20. The lowest BCUT2D eigenvalue weighted by atomic mass is 10.2. The molecule has 0 fully saturated rings. The number of aliphatic carboxylic acids is 10. The van der Waals surface area contributed by atoms with E-state index in [4.69, 9.17) is 15.9 Å². The Balaban J connectivity index is 7.29. The Labute approximate surface area is 521 Å². The molecule has 41 nitrogen and oxygen atoms in total. The molecule has 0 saturated heterocycles. The van der Waals surface area contributed by atoms with Gasteiger partial charge in [-0.1, -0.05) is 0 Å². The van der Waals surface area contributed by atoms with Gasteiger partial charge in [-0.15, -0.1) is 0 Å². The zero-order chi connectivity index (χ0) is 70.5. The summed E-state index contributed by atoms with van der Waals surface area (Å²) in [5.41, 5.74) is 5.17. The van der Waals surface area contributed by atoms with Gasteiger partial charge in [0.2, 0.25) is 59.1 Å². The van der Waals surface area contributed by atoms with Crippen molar-refractivity contribution >= 4 is 119 Å². The topological polar surface area (TPSA) is 602 Å². The number of hydrogen-bond acceptors (Lipinski definition) is 21. The van der Waals surface area contributed by atoms with Crippen LogP contribution < -0.4 is 5.73 Å². The molecular formula is C51H75N11O30. The molecule has 0 aromatic rings. The van der Waals surface area contributed by atoms with Gasteiger partial charge in [0.25, 0.3) is 0 Å². The zero-order valence-electron chi connectivity index (χ0n) is 49.9. The van der Waals surface area contributed by atoms with Crippen molar-refractivity contribution in [1.29, 1.82) is 0 Å². The third kappa shape index (κ3) is 36.6. The highest BCUT2D eigenvalue weighted by Gasteiger charge is 2.33. The van der Waals surface area contributed by atoms with Crippen LogP contribution in [0.5, 0.6) is 0 Å². The molecule has 0 aromatic carbocycles. The van der Waals surface area contributed by atoms with Crippen molar-refractivity contribution in [2.45, 2.75) is 64.2 Å². The molecule has 92 heavy (non-hydrogen) atoms. The fourth-order valence-electron chi connectivity index (χ4n) is 7.69. The first-order valence-electron chi connectivity index (χ1n) is 27.5. The van der Waals surface area contributed by atoms with E-state index in [1.54, 1.807) is 0 Å². The molecule has 0 aliphatic rings. The average molecular weight is 1320 g/mol. The number of carboxylic acid groups (broad SMARTS) is 10. The Hall–Kier alpha value is -10.6. The Morgan fingerprint density at radius 1 is 0.207 bits per heavy atom. The van der Waals surface area contributed by atoms with Crippen molar-refractivity contribution in [2.75, 3.05) is 138 Å². The van der Waals surface area contributed by atoms with Crippen LogP contribution in [0.1, 0.15) is 64.2 Å². The molecule has 0 heterocycles. The summed E-state index contributed by atoms with van der Waals surface area (Å²) in [5.74, 6) is -27.5. The molecule has 0 atom stereocenters. The normalized spacial score (nSPS) is 10.6. The number of primary amides is 1. The summed E-state index contributed by atoms with van der Waals surface area (Å²) in [6, 6.07) is 0. The highest BCUT2D eigenvalue weighted by Crippen LogP contribution is 2.10. The molecule has 12 N–H and O–H groups in total. The van der Waals surface area contributed by atoms with E-state index in [1.165, 1.54) is 11.9 Å². The summed E-state index contributed by atoms with van der Waals surface area (Å²) < 4.78 is 0.